The Labute approximate surface area is 174 Å². The van der Waals surface area contributed by atoms with Crippen molar-refractivity contribution >= 4 is 17.5 Å². The number of carbonyl (C=O) groups excluding carboxylic acids is 1. The molecule has 4 rings (SSSR count). The van der Waals surface area contributed by atoms with E-state index < -0.39 is 0 Å². The van der Waals surface area contributed by atoms with E-state index in [9.17, 15) is 9.18 Å². The molecule has 1 saturated heterocycles. The first-order valence-electron chi connectivity index (χ1n) is 9.84. The number of nitrogens with zero attached hydrogens (tertiary/aromatic N) is 4. The second kappa shape index (κ2) is 8.44. The zero-order valence-electron chi connectivity index (χ0n) is 16.9. The molecule has 3 aromatic rings. The highest BCUT2D eigenvalue weighted by Gasteiger charge is 2.27. The summed E-state index contributed by atoms with van der Waals surface area (Å²) in [5, 5.41) is 5.71. The van der Waals surface area contributed by atoms with E-state index in [2.05, 4.69) is 25.5 Å². The number of aromatic nitrogens is 3. The molecule has 0 saturated carbocycles. The number of pyridine rings is 1. The third kappa shape index (κ3) is 4.37. The number of halogens is 1. The van der Waals surface area contributed by atoms with Crippen molar-refractivity contribution in [2.75, 3.05) is 23.3 Å². The average molecular weight is 406 g/mol. The Morgan fingerprint density at radius 3 is 2.67 bits per heavy atom. The van der Waals surface area contributed by atoms with E-state index in [4.69, 9.17) is 4.98 Å². The van der Waals surface area contributed by atoms with Crippen LogP contribution >= 0.6 is 0 Å². The molecule has 2 N–H and O–H groups in total. The van der Waals surface area contributed by atoms with Gasteiger partial charge in [-0.05, 0) is 56.7 Å². The first-order chi connectivity index (χ1) is 14.5. The summed E-state index contributed by atoms with van der Waals surface area (Å²) >= 11 is 0. The van der Waals surface area contributed by atoms with Crippen LogP contribution in [-0.4, -0.2) is 40.1 Å². The maximum absolute atomic E-state index is 13.0. The zero-order valence-corrected chi connectivity index (χ0v) is 16.9. The second-order valence-electron chi connectivity index (χ2n) is 7.33. The molecule has 0 aliphatic carbocycles. The molecule has 3 heterocycles. The van der Waals surface area contributed by atoms with Gasteiger partial charge in [-0.2, -0.15) is 0 Å². The summed E-state index contributed by atoms with van der Waals surface area (Å²) in [5.41, 5.74) is 3.21. The van der Waals surface area contributed by atoms with Gasteiger partial charge >= 0.3 is 6.03 Å². The number of amides is 2. The Morgan fingerprint density at radius 1 is 1.13 bits per heavy atom. The van der Waals surface area contributed by atoms with Crippen LogP contribution in [0.2, 0.25) is 0 Å². The average Bonchev–Trinajstić information content (AvgIpc) is 3.20. The molecule has 2 amide bonds. The summed E-state index contributed by atoms with van der Waals surface area (Å²) in [6.07, 6.45) is 2.53. The third-order valence-corrected chi connectivity index (χ3v) is 5.18. The molecule has 0 spiro atoms. The van der Waals surface area contributed by atoms with Crippen LogP contribution < -0.4 is 15.5 Å². The number of nitrogens with one attached hydrogen (secondary N) is 2. The van der Waals surface area contributed by atoms with Crippen molar-refractivity contribution in [2.24, 2.45) is 0 Å². The lowest BCUT2D eigenvalue weighted by atomic mass is 10.2. The first kappa shape index (κ1) is 19.8. The molecule has 1 unspecified atom stereocenters. The van der Waals surface area contributed by atoms with Crippen LogP contribution in [0.4, 0.5) is 20.7 Å². The van der Waals surface area contributed by atoms with E-state index in [1.807, 2.05) is 32.0 Å². The Hall–Kier alpha value is -3.55. The highest BCUT2D eigenvalue weighted by atomic mass is 19.1. The minimum atomic E-state index is -0.340. The fourth-order valence-electron chi connectivity index (χ4n) is 3.49. The molecule has 30 heavy (non-hydrogen) atoms. The van der Waals surface area contributed by atoms with E-state index in [1.54, 1.807) is 6.20 Å². The van der Waals surface area contributed by atoms with Gasteiger partial charge in [0.25, 0.3) is 0 Å². The van der Waals surface area contributed by atoms with Crippen LogP contribution in [0.25, 0.3) is 11.5 Å². The lowest BCUT2D eigenvalue weighted by Crippen LogP contribution is -2.40. The number of benzene rings is 1. The van der Waals surface area contributed by atoms with Crippen LogP contribution in [0.5, 0.6) is 0 Å². The van der Waals surface area contributed by atoms with Crippen molar-refractivity contribution in [1.82, 2.24) is 20.3 Å². The van der Waals surface area contributed by atoms with E-state index >= 15 is 0 Å². The minimum Gasteiger partial charge on any atom is -0.354 e. The number of hydrogen-bond acceptors (Lipinski definition) is 5. The van der Waals surface area contributed by atoms with Gasteiger partial charge in [-0.15, -0.1) is 0 Å². The van der Waals surface area contributed by atoms with Crippen LogP contribution in [0.1, 0.15) is 17.7 Å². The molecule has 2 aromatic heterocycles. The molecule has 8 heteroatoms. The van der Waals surface area contributed by atoms with Crippen molar-refractivity contribution in [2.45, 2.75) is 26.3 Å². The molecule has 1 aliphatic rings. The third-order valence-electron chi connectivity index (χ3n) is 5.18. The molecule has 0 radical (unpaired) electrons. The molecule has 1 fully saturated rings. The zero-order chi connectivity index (χ0) is 21.1. The molecule has 154 valence electrons. The van der Waals surface area contributed by atoms with Crippen molar-refractivity contribution in [3.8, 4) is 11.5 Å². The van der Waals surface area contributed by atoms with Gasteiger partial charge in [-0.3, -0.25) is 4.98 Å². The van der Waals surface area contributed by atoms with Gasteiger partial charge in [0.1, 0.15) is 17.3 Å². The summed E-state index contributed by atoms with van der Waals surface area (Å²) < 4.78 is 13.0. The number of urea groups is 1. The highest BCUT2D eigenvalue weighted by molar-refractivity contribution is 5.89. The van der Waals surface area contributed by atoms with Gasteiger partial charge in [-0.1, -0.05) is 6.07 Å². The Bertz CT molecular complexity index is 1040. The number of anilines is 2. The molecule has 1 atom stereocenters. The fraction of sp³-hybridized carbons (Fsp3) is 0.273. The summed E-state index contributed by atoms with van der Waals surface area (Å²) in [7, 11) is 0. The van der Waals surface area contributed by atoms with Gasteiger partial charge in [-0.25, -0.2) is 19.2 Å². The fourth-order valence-corrected chi connectivity index (χ4v) is 3.49. The van der Waals surface area contributed by atoms with E-state index in [1.165, 1.54) is 24.3 Å². The smallest absolute Gasteiger partial charge is 0.319 e. The van der Waals surface area contributed by atoms with E-state index in [0.717, 1.165) is 35.7 Å². The molecular formula is C22H23FN6O. The second-order valence-corrected chi connectivity index (χ2v) is 7.33. The van der Waals surface area contributed by atoms with Gasteiger partial charge in [0, 0.05) is 42.3 Å². The van der Waals surface area contributed by atoms with Crippen LogP contribution in [0.15, 0.2) is 48.7 Å². The Morgan fingerprint density at radius 2 is 1.93 bits per heavy atom. The predicted octanol–water partition coefficient (Wildman–Crippen LogP) is 3.69. The molecular weight excluding hydrogens is 383 g/mol. The van der Waals surface area contributed by atoms with E-state index in [0.29, 0.717) is 18.1 Å². The Balaban J connectivity index is 1.44. The summed E-state index contributed by atoms with van der Waals surface area (Å²) in [5.74, 6) is 1.12. The summed E-state index contributed by atoms with van der Waals surface area (Å²) in [6.45, 7) is 5.40. The lowest BCUT2D eigenvalue weighted by Gasteiger charge is -2.21. The van der Waals surface area contributed by atoms with Gasteiger partial charge in [0.2, 0.25) is 0 Å². The summed E-state index contributed by atoms with van der Waals surface area (Å²) in [4.78, 5) is 28.2. The van der Waals surface area contributed by atoms with Gasteiger partial charge in [0.05, 0.1) is 0 Å². The maximum Gasteiger partial charge on any atom is 0.319 e. The SMILES string of the molecule is Cc1nc(-c2ccccn2)nc(N2CCC(NC(=O)Nc3ccc(F)cc3)C2)c1C. The van der Waals surface area contributed by atoms with Crippen LogP contribution in [-0.2, 0) is 0 Å². The van der Waals surface area contributed by atoms with Crippen LogP contribution in [0.3, 0.4) is 0 Å². The van der Waals surface area contributed by atoms with Crippen LogP contribution in [0, 0.1) is 19.7 Å². The van der Waals surface area contributed by atoms with Gasteiger partial charge < -0.3 is 15.5 Å². The molecule has 1 aromatic carbocycles. The first-order valence-corrected chi connectivity index (χ1v) is 9.84. The summed E-state index contributed by atoms with van der Waals surface area (Å²) in [6, 6.07) is 11.0. The topological polar surface area (TPSA) is 83.0 Å². The number of aryl methyl sites for hydroxylation is 1. The number of hydrogen-bond donors (Lipinski definition) is 2. The van der Waals surface area contributed by atoms with E-state index in [-0.39, 0.29) is 17.9 Å². The van der Waals surface area contributed by atoms with Crippen molar-refractivity contribution in [3.63, 3.8) is 0 Å². The molecule has 7 nitrogen and oxygen atoms in total. The quantitative estimate of drug-likeness (QED) is 0.690. The largest absolute Gasteiger partial charge is 0.354 e. The normalized spacial score (nSPS) is 15.8. The van der Waals surface area contributed by atoms with Gasteiger partial charge in [0.15, 0.2) is 5.82 Å². The standard InChI is InChI=1S/C22H23FN6O/c1-14-15(2)25-20(19-5-3-4-11-24-19)28-21(14)29-12-10-18(13-29)27-22(30)26-17-8-6-16(23)7-9-17/h3-9,11,18H,10,12-13H2,1-2H3,(H2,26,27,30). The van der Waals surface area contributed by atoms with Crippen molar-refractivity contribution in [3.05, 3.63) is 65.7 Å². The minimum absolute atomic E-state index is 0.0154. The Kier molecular flexibility index (Phi) is 5.56. The van der Waals surface area contributed by atoms with Crippen molar-refractivity contribution < 1.29 is 9.18 Å². The number of carbonyl (C=O) groups is 1. The molecule has 1 aliphatic heterocycles. The highest BCUT2D eigenvalue weighted by Crippen LogP contribution is 2.26. The predicted molar refractivity (Wildman–Crippen MR) is 114 cm³/mol. The lowest BCUT2D eigenvalue weighted by molar-refractivity contribution is 0.249. The maximum atomic E-state index is 13.0. The number of rotatable bonds is 4. The monoisotopic (exact) mass is 406 g/mol. The molecule has 0 bridgehead atoms. The van der Waals surface area contributed by atoms with Crippen molar-refractivity contribution in [1.29, 1.82) is 0 Å².